The summed E-state index contributed by atoms with van der Waals surface area (Å²) in [4.78, 5) is 21.0. The minimum atomic E-state index is -1.09. The number of aromatic nitrogens is 4. The predicted octanol–water partition coefficient (Wildman–Crippen LogP) is 4.90. The van der Waals surface area contributed by atoms with Crippen LogP contribution in [-0.2, 0) is 19.5 Å². The van der Waals surface area contributed by atoms with E-state index in [0.29, 0.717) is 44.3 Å². The van der Waals surface area contributed by atoms with Gasteiger partial charge in [0.25, 0.3) is 0 Å². The van der Waals surface area contributed by atoms with Crippen molar-refractivity contribution in [1.29, 1.82) is 0 Å². The van der Waals surface area contributed by atoms with Gasteiger partial charge in [-0.1, -0.05) is 40.9 Å². The quantitative estimate of drug-likeness (QED) is 0.371. The second-order valence-electron chi connectivity index (χ2n) is 8.50. The van der Waals surface area contributed by atoms with Gasteiger partial charge in [0, 0.05) is 23.3 Å². The number of halogens is 3. The van der Waals surface area contributed by atoms with Crippen LogP contribution in [0.4, 0.5) is 0 Å². The first kappa shape index (κ1) is 23.7. The first-order chi connectivity index (χ1) is 15.6. The highest BCUT2D eigenvalue weighted by molar-refractivity contribution is 6.44. The van der Waals surface area contributed by atoms with Gasteiger partial charge in [0.15, 0.2) is 0 Å². The van der Waals surface area contributed by atoms with E-state index in [1.807, 2.05) is 12.1 Å². The predicted molar refractivity (Wildman–Crippen MR) is 131 cm³/mol. The number of aromatic amines is 1. The first-order valence-electron chi connectivity index (χ1n) is 10.2. The van der Waals surface area contributed by atoms with Crippen LogP contribution in [0.3, 0.4) is 0 Å². The Balaban J connectivity index is 1.72. The third-order valence-electron chi connectivity index (χ3n) is 5.22. The maximum atomic E-state index is 13.3. The Kier molecular flexibility index (Phi) is 6.51. The summed E-state index contributed by atoms with van der Waals surface area (Å²) in [5.41, 5.74) is 1.48. The minimum absolute atomic E-state index is 0.128. The molecule has 0 saturated heterocycles. The lowest BCUT2D eigenvalue weighted by Crippen LogP contribution is -2.34. The molecular weight excluding hydrogens is 487 g/mol. The maximum Gasteiger partial charge on any atom is 0.328 e. The van der Waals surface area contributed by atoms with Gasteiger partial charge in [0.05, 0.1) is 41.4 Å². The molecule has 0 saturated carbocycles. The fourth-order valence-corrected chi connectivity index (χ4v) is 4.29. The zero-order valence-electron chi connectivity index (χ0n) is 18.3. The Morgan fingerprint density at radius 3 is 2.58 bits per heavy atom. The second kappa shape index (κ2) is 9.06. The molecule has 7 nitrogen and oxygen atoms in total. The van der Waals surface area contributed by atoms with E-state index in [4.69, 9.17) is 39.5 Å². The van der Waals surface area contributed by atoms with Gasteiger partial charge in [-0.05, 0) is 43.7 Å². The monoisotopic (exact) mass is 508 g/mol. The number of ether oxygens (including phenoxy) is 1. The molecule has 0 radical (unpaired) electrons. The molecule has 0 aliphatic heterocycles. The van der Waals surface area contributed by atoms with Crippen molar-refractivity contribution in [2.45, 2.75) is 39.0 Å². The van der Waals surface area contributed by atoms with Crippen LogP contribution in [0.5, 0.6) is 5.75 Å². The van der Waals surface area contributed by atoms with Crippen molar-refractivity contribution in [2.75, 3.05) is 7.11 Å². The summed E-state index contributed by atoms with van der Waals surface area (Å²) in [6, 6.07) is 8.90. The highest BCUT2D eigenvalue weighted by Crippen LogP contribution is 2.29. The Morgan fingerprint density at radius 2 is 1.91 bits per heavy atom. The van der Waals surface area contributed by atoms with Crippen LogP contribution in [0.25, 0.3) is 11.0 Å². The molecule has 4 aromatic rings. The van der Waals surface area contributed by atoms with Gasteiger partial charge in [-0.2, -0.15) is 0 Å². The van der Waals surface area contributed by atoms with Crippen LogP contribution in [0.15, 0.2) is 41.3 Å². The molecule has 2 N–H and O–H groups in total. The summed E-state index contributed by atoms with van der Waals surface area (Å²) in [6.45, 7) is 3.64. The molecule has 0 aliphatic rings. The number of nitrogens with one attached hydrogen (secondary N) is 1. The zero-order chi connectivity index (χ0) is 23.9. The lowest BCUT2D eigenvalue weighted by molar-refractivity contribution is 0.0596. The molecule has 0 atom stereocenters. The van der Waals surface area contributed by atoms with Crippen molar-refractivity contribution in [3.8, 4) is 5.75 Å². The normalized spacial score (nSPS) is 12.0. The van der Waals surface area contributed by atoms with Crippen molar-refractivity contribution in [1.82, 2.24) is 19.1 Å². The molecule has 4 rings (SSSR count). The Morgan fingerprint density at radius 1 is 1.15 bits per heavy atom. The van der Waals surface area contributed by atoms with Gasteiger partial charge in [0.2, 0.25) is 0 Å². The molecule has 0 aliphatic carbocycles. The topological polar surface area (TPSA) is 85.1 Å². The highest BCUT2D eigenvalue weighted by atomic mass is 35.5. The Hall–Kier alpha value is -2.45. The Labute approximate surface area is 205 Å². The van der Waals surface area contributed by atoms with Crippen molar-refractivity contribution >= 4 is 45.8 Å². The average Bonchev–Trinajstić information content (AvgIpc) is 3.28. The number of aliphatic hydroxyl groups is 1. The number of H-pyrrole nitrogens is 1. The number of fused-ring (bicyclic) bond motifs is 1. The molecule has 0 fully saturated rings. The molecule has 0 bridgehead atoms. The number of benzene rings is 2. The molecule has 0 unspecified atom stereocenters. The molecule has 174 valence electrons. The van der Waals surface area contributed by atoms with E-state index in [1.165, 1.54) is 0 Å². The molecule has 2 aromatic carbocycles. The maximum absolute atomic E-state index is 13.3. The van der Waals surface area contributed by atoms with E-state index in [-0.39, 0.29) is 18.8 Å². The van der Waals surface area contributed by atoms with Crippen molar-refractivity contribution in [2.24, 2.45) is 0 Å². The molecule has 2 aromatic heterocycles. The van der Waals surface area contributed by atoms with Crippen LogP contribution in [0, 0.1) is 0 Å². The van der Waals surface area contributed by atoms with Gasteiger partial charge >= 0.3 is 5.69 Å². The second-order valence-corrected chi connectivity index (χ2v) is 9.70. The molecular formula is C23H23Cl3N4O3. The largest absolute Gasteiger partial charge is 0.497 e. The standard InChI is InChI=1S/C23H23Cl3N4O3/c1-23(2,32)12-30-14(8-13-4-5-15(33-3)9-17(13)25)10-29(22(30)31)11-19-27-18-7-6-16(24)20(26)21(18)28-19/h4-7,9-10,32H,8,11-12H2,1-3H3,(H,27,28). The van der Waals surface area contributed by atoms with Crippen molar-refractivity contribution in [3.05, 3.63) is 79.2 Å². The lowest BCUT2D eigenvalue weighted by Gasteiger charge is -2.19. The molecule has 0 spiro atoms. The van der Waals surface area contributed by atoms with Gasteiger partial charge in [0.1, 0.15) is 17.1 Å². The van der Waals surface area contributed by atoms with Crippen LogP contribution >= 0.6 is 34.8 Å². The third kappa shape index (κ3) is 5.06. The van der Waals surface area contributed by atoms with E-state index in [2.05, 4.69) is 9.97 Å². The number of methoxy groups -OCH3 is 1. The van der Waals surface area contributed by atoms with E-state index in [1.54, 1.807) is 54.5 Å². The van der Waals surface area contributed by atoms with Crippen LogP contribution < -0.4 is 10.4 Å². The third-order valence-corrected chi connectivity index (χ3v) is 6.37. The van der Waals surface area contributed by atoms with Crippen LogP contribution in [0.1, 0.15) is 30.9 Å². The van der Waals surface area contributed by atoms with Crippen LogP contribution in [0.2, 0.25) is 15.1 Å². The van der Waals surface area contributed by atoms with Gasteiger partial charge < -0.3 is 14.8 Å². The first-order valence-corrected chi connectivity index (χ1v) is 11.4. The summed E-state index contributed by atoms with van der Waals surface area (Å²) in [5, 5.41) is 11.7. The van der Waals surface area contributed by atoms with Crippen LogP contribution in [-0.4, -0.2) is 36.9 Å². The molecule has 33 heavy (non-hydrogen) atoms. The lowest BCUT2D eigenvalue weighted by atomic mass is 10.1. The number of imidazole rings is 2. The summed E-state index contributed by atoms with van der Waals surface area (Å²) in [5.74, 6) is 1.21. The Bertz CT molecular complexity index is 1380. The van der Waals surface area contributed by atoms with E-state index in [9.17, 15) is 9.90 Å². The van der Waals surface area contributed by atoms with Gasteiger partial charge in [-0.3, -0.25) is 9.13 Å². The fraction of sp³-hybridized carbons (Fsp3) is 0.304. The molecule has 0 amide bonds. The summed E-state index contributed by atoms with van der Waals surface area (Å²) < 4.78 is 8.33. The zero-order valence-corrected chi connectivity index (χ0v) is 20.6. The smallest absolute Gasteiger partial charge is 0.328 e. The number of hydrogen-bond donors (Lipinski definition) is 2. The number of nitrogens with zero attached hydrogens (tertiary/aromatic N) is 3. The fourth-order valence-electron chi connectivity index (χ4n) is 3.69. The number of hydrogen-bond acceptors (Lipinski definition) is 4. The SMILES string of the molecule is COc1ccc(Cc2cn(Cc3nc4c(Cl)c(Cl)ccc4[nH]3)c(=O)n2CC(C)(C)O)c(Cl)c1. The van der Waals surface area contributed by atoms with Gasteiger partial charge in [-0.15, -0.1) is 0 Å². The number of rotatable bonds is 7. The van der Waals surface area contributed by atoms with Crippen molar-refractivity contribution < 1.29 is 9.84 Å². The van der Waals surface area contributed by atoms with E-state index >= 15 is 0 Å². The van der Waals surface area contributed by atoms with E-state index in [0.717, 1.165) is 11.1 Å². The average molecular weight is 510 g/mol. The summed E-state index contributed by atoms with van der Waals surface area (Å²) >= 11 is 18.8. The van der Waals surface area contributed by atoms with Gasteiger partial charge in [-0.25, -0.2) is 9.78 Å². The van der Waals surface area contributed by atoms with Crippen molar-refractivity contribution in [3.63, 3.8) is 0 Å². The highest BCUT2D eigenvalue weighted by Gasteiger charge is 2.21. The summed E-state index contributed by atoms with van der Waals surface area (Å²) in [6.07, 6.45) is 2.17. The minimum Gasteiger partial charge on any atom is -0.497 e. The molecule has 10 heteroatoms. The molecule has 2 heterocycles. The summed E-state index contributed by atoms with van der Waals surface area (Å²) in [7, 11) is 1.58. The van der Waals surface area contributed by atoms with E-state index < -0.39 is 5.60 Å².